The van der Waals surface area contributed by atoms with Gasteiger partial charge in [-0.15, -0.1) is 11.3 Å². The summed E-state index contributed by atoms with van der Waals surface area (Å²) in [7, 11) is 0. The van der Waals surface area contributed by atoms with Crippen LogP contribution in [0.15, 0.2) is 35.7 Å². The standard InChI is InChI=1S/C17H20N2O2S/c1-4-21-14-8-5-13(6-9-14)7-10-16(20)19-17-18-15(11-22-17)12(2)3/h5-12H,4H2,1-3H3,(H,18,19,20)/b10-7+. The summed E-state index contributed by atoms with van der Waals surface area (Å²) >= 11 is 1.44. The van der Waals surface area contributed by atoms with Gasteiger partial charge in [0.25, 0.3) is 0 Å². The molecule has 5 heteroatoms. The van der Waals surface area contributed by atoms with E-state index >= 15 is 0 Å². The zero-order valence-corrected chi connectivity index (χ0v) is 13.8. The number of carbonyl (C=O) groups is 1. The molecule has 1 heterocycles. The fourth-order valence-corrected chi connectivity index (χ4v) is 2.64. The molecule has 0 aliphatic heterocycles. The number of nitrogens with zero attached hydrogens (tertiary/aromatic N) is 1. The summed E-state index contributed by atoms with van der Waals surface area (Å²) in [6, 6.07) is 7.59. The molecule has 0 spiro atoms. The highest BCUT2D eigenvalue weighted by atomic mass is 32.1. The van der Waals surface area contributed by atoms with Crippen molar-refractivity contribution < 1.29 is 9.53 Å². The van der Waals surface area contributed by atoms with Crippen molar-refractivity contribution in [1.82, 2.24) is 4.98 Å². The summed E-state index contributed by atoms with van der Waals surface area (Å²) in [5.41, 5.74) is 1.94. The lowest BCUT2D eigenvalue weighted by Gasteiger charge is -2.02. The number of aromatic nitrogens is 1. The number of rotatable bonds is 6. The van der Waals surface area contributed by atoms with Crippen LogP contribution in [0.1, 0.15) is 37.9 Å². The SMILES string of the molecule is CCOc1ccc(/C=C/C(=O)Nc2nc(C(C)C)cs2)cc1. The molecule has 0 aliphatic rings. The molecule has 0 aliphatic carbocycles. The molecule has 2 aromatic rings. The van der Waals surface area contributed by atoms with Crippen molar-refractivity contribution in [2.75, 3.05) is 11.9 Å². The van der Waals surface area contributed by atoms with E-state index in [4.69, 9.17) is 4.74 Å². The molecule has 0 radical (unpaired) electrons. The zero-order valence-electron chi connectivity index (χ0n) is 13.0. The van der Waals surface area contributed by atoms with Crippen LogP contribution in [0.5, 0.6) is 5.75 Å². The van der Waals surface area contributed by atoms with Crippen molar-refractivity contribution in [1.29, 1.82) is 0 Å². The molecule has 1 aromatic heterocycles. The number of hydrogen-bond donors (Lipinski definition) is 1. The van der Waals surface area contributed by atoms with Gasteiger partial charge < -0.3 is 4.74 Å². The predicted molar refractivity (Wildman–Crippen MR) is 91.5 cm³/mol. The van der Waals surface area contributed by atoms with Gasteiger partial charge in [-0.2, -0.15) is 0 Å². The average Bonchev–Trinajstić information content (AvgIpc) is 2.95. The number of ether oxygens (including phenoxy) is 1. The molecule has 0 atom stereocenters. The molecule has 0 saturated heterocycles. The number of amides is 1. The maximum Gasteiger partial charge on any atom is 0.250 e. The van der Waals surface area contributed by atoms with Crippen LogP contribution in [0.3, 0.4) is 0 Å². The third-order valence-electron chi connectivity index (χ3n) is 2.96. The van der Waals surface area contributed by atoms with Gasteiger partial charge in [0.05, 0.1) is 12.3 Å². The van der Waals surface area contributed by atoms with Gasteiger partial charge >= 0.3 is 0 Å². The Hall–Kier alpha value is -2.14. The van der Waals surface area contributed by atoms with Crippen molar-refractivity contribution in [3.05, 3.63) is 47.0 Å². The monoisotopic (exact) mass is 316 g/mol. The molecular formula is C17H20N2O2S. The Morgan fingerprint density at radius 1 is 1.36 bits per heavy atom. The molecule has 1 aromatic carbocycles. The normalized spacial score (nSPS) is 11.1. The topological polar surface area (TPSA) is 51.2 Å². The molecule has 0 bridgehead atoms. The van der Waals surface area contributed by atoms with Crippen molar-refractivity contribution in [2.45, 2.75) is 26.7 Å². The summed E-state index contributed by atoms with van der Waals surface area (Å²) in [5.74, 6) is 1.01. The average molecular weight is 316 g/mol. The Kier molecular flexibility index (Phi) is 5.72. The van der Waals surface area contributed by atoms with Crippen molar-refractivity contribution >= 4 is 28.5 Å². The summed E-state index contributed by atoms with van der Waals surface area (Å²) < 4.78 is 5.38. The molecule has 2 rings (SSSR count). The van der Waals surface area contributed by atoms with Crippen LogP contribution in [-0.2, 0) is 4.79 Å². The van der Waals surface area contributed by atoms with E-state index in [2.05, 4.69) is 24.1 Å². The zero-order chi connectivity index (χ0) is 15.9. The van der Waals surface area contributed by atoms with E-state index in [1.165, 1.54) is 17.4 Å². The summed E-state index contributed by atoms with van der Waals surface area (Å²) in [5, 5.41) is 5.37. The van der Waals surface area contributed by atoms with Crippen LogP contribution in [0.25, 0.3) is 6.08 Å². The molecule has 4 nitrogen and oxygen atoms in total. The highest BCUT2D eigenvalue weighted by Gasteiger charge is 2.06. The summed E-state index contributed by atoms with van der Waals surface area (Å²) in [6.07, 6.45) is 3.27. The molecule has 0 fully saturated rings. The van der Waals surface area contributed by atoms with Gasteiger partial charge in [-0.1, -0.05) is 26.0 Å². The van der Waals surface area contributed by atoms with Crippen molar-refractivity contribution in [3.8, 4) is 5.75 Å². The molecule has 1 amide bonds. The Labute approximate surface area is 134 Å². The molecular weight excluding hydrogens is 296 g/mol. The first-order valence-corrected chi connectivity index (χ1v) is 8.13. The van der Waals surface area contributed by atoms with E-state index in [0.717, 1.165) is 17.0 Å². The van der Waals surface area contributed by atoms with Crippen LogP contribution in [0.2, 0.25) is 0 Å². The Morgan fingerprint density at radius 2 is 2.09 bits per heavy atom. The largest absolute Gasteiger partial charge is 0.494 e. The second-order valence-electron chi connectivity index (χ2n) is 5.06. The van der Waals surface area contributed by atoms with Gasteiger partial charge in [-0.25, -0.2) is 4.98 Å². The minimum Gasteiger partial charge on any atom is -0.494 e. The van der Waals surface area contributed by atoms with Crippen LogP contribution < -0.4 is 10.1 Å². The molecule has 22 heavy (non-hydrogen) atoms. The Morgan fingerprint density at radius 3 is 2.68 bits per heavy atom. The maximum atomic E-state index is 11.9. The highest BCUT2D eigenvalue weighted by molar-refractivity contribution is 7.14. The molecule has 116 valence electrons. The van der Waals surface area contributed by atoms with E-state index in [-0.39, 0.29) is 5.91 Å². The first-order valence-electron chi connectivity index (χ1n) is 7.26. The predicted octanol–water partition coefficient (Wildman–Crippen LogP) is 4.32. The van der Waals surface area contributed by atoms with E-state index in [9.17, 15) is 4.79 Å². The van der Waals surface area contributed by atoms with Crippen molar-refractivity contribution in [2.24, 2.45) is 0 Å². The van der Waals surface area contributed by atoms with Gasteiger partial charge in [0.2, 0.25) is 5.91 Å². The third kappa shape index (κ3) is 4.70. The van der Waals surface area contributed by atoms with E-state index in [1.54, 1.807) is 6.08 Å². The third-order valence-corrected chi connectivity index (χ3v) is 3.74. The fourth-order valence-electron chi connectivity index (χ4n) is 1.77. The summed E-state index contributed by atoms with van der Waals surface area (Å²) in [4.78, 5) is 16.3. The minimum absolute atomic E-state index is 0.182. The van der Waals surface area contributed by atoms with Gasteiger partial charge in [0.15, 0.2) is 5.13 Å². The van der Waals surface area contributed by atoms with Gasteiger partial charge in [-0.3, -0.25) is 10.1 Å². The number of hydrogen-bond acceptors (Lipinski definition) is 4. The van der Waals surface area contributed by atoms with E-state index in [0.29, 0.717) is 17.7 Å². The molecule has 1 N–H and O–H groups in total. The lowest BCUT2D eigenvalue weighted by atomic mass is 10.2. The number of anilines is 1. The minimum atomic E-state index is -0.182. The van der Waals surface area contributed by atoms with Crippen LogP contribution in [0.4, 0.5) is 5.13 Å². The lowest BCUT2D eigenvalue weighted by molar-refractivity contribution is -0.111. The van der Waals surface area contributed by atoms with E-state index < -0.39 is 0 Å². The molecule has 0 unspecified atom stereocenters. The number of carbonyl (C=O) groups excluding carboxylic acids is 1. The molecule has 0 saturated carbocycles. The van der Waals surface area contributed by atoms with E-state index in [1.807, 2.05) is 36.6 Å². The van der Waals surface area contributed by atoms with Gasteiger partial charge in [-0.05, 0) is 36.6 Å². The fraction of sp³-hybridized carbons (Fsp3) is 0.294. The lowest BCUT2D eigenvalue weighted by Crippen LogP contribution is -2.07. The van der Waals surface area contributed by atoms with Gasteiger partial charge in [0.1, 0.15) is 5.75 Å². The first kappa shape index (κ1) is 16.2. The van der Waals surface area contributed by atoms with Gasteiger partial charge in [0, 0.05) is 11.5 Å². The number of nitrogens with one attached hydrogen (secondary N) is 1. The van der Waals surface area contributed by atoms with Crippen LogP contribution in [-0.4, -0.2) is 17.5 Å². The van der Waals surface area contributed by atoms with Crippen molar-refractivity contribution in [3.63, 3.8) is 0 Å². The smallest absolute Gasteiger partial charge is 0.250 e. The Balaban J connectivity index is 1.92. The quantitative estimate of drug-likeness (QED) is 0.808. The first-order chi connectivity index (χ1) is 10.6. The number of benzene rings is 1. The highest BCUT2D eigenvalue weighted by Crippen LogP contribution is 2.21. The van der Waals surface area contributed by atoms with Crippen LogP contribution >= 0.6 is 11.3 Å². The summed E-state index contributed by atoms with van der Waals surface area (Å²) in [6.45, 7) is 6.74. The Bertz CT molecular complexity index is 645. The second kappa shape index (κ2) is 7.75. The van der Waals surface area contributed by atoms with Crippen LogP contribution in [0, 0.1) is 0 Å². The maximum absolute atomic E-state index is 11.9. The second-order valence-corrected chi connectivity index (χ2v) is 5.91. The number of thiazole rings is 1.